The molecule has 0 N–H and O–H groups in total. The van der Waals surface area contributed by atoms with Crippen molar-refractivity contribution in [2.75, 3.05) is 0 Å². The molecule has 0 atom stereocenters. The molecule has 2 aromatic rings. The lowest BCUT2D eigenvalue weighted by Crippen LogP contribution is -2.10. The molecule has 110 valence electrons. The standard InChI is InChI=1S/C18H15ClN2O/c1-18(2,3)14-4-6-15(7-5-14)22-17-9-13(11-21)12(10-20)8-16(17)19/h4-9H,1-3H3. The first-order chi connectivity index (χ1) is 10.3. The first-order valence-electron chi connectivity index (χ1n) is 6.77. The van der Waals surface area contributed by atoms with Gasteiger partial charge >= 0.3 is 0 Å². The molecule has 0 fully saturated rings. The van der Waals surface area contributed by atoms with Gasteiger partial charge in [-0.1, -0.05) is 44.5 Å². The van der Waals surface area contributed by atoms with Crippen LogP contribution >= 0.6 is 11.6 Å². The number of nitriles is 2. The summed E-state index contributed by atoms with van der Waals surface area (Å²) in [6, 6.07) is 14.6. The van der Waals surface area contributed by atoms with Gasteiger partial charge in [0.1, 0.15) is 23.6 Å². The van der Waals surface area contributed by atoms with Crippen LogP contribution in [0.3, 0.4) is 0 Å². The molecule has 2 aromatic carbocycles. The van der Waals surface area contributed by atoms with Gasteiger partial charge in [0, 0.05) is 6.07 Å². The molecular formula is C18H15ClN2O. The average molecular weight is 311 g/mol. The topological polar surface area (TPSA) is 56.8 Å². The first kappa shape index (κ1) is 15.9. The number of rotatable bonds is 2. The lowest BCUT2D eigenvalue weighted by molar-refractivity contribution is 0.481. The second-order valence-electron chi connectivity index (χ2n) is 5.93. The molecular weight excluding hydrogens is 296 g/mol. The van der Waals surface area contributed by atoms with E-state index >= 15 is 0 Å². The van der Waals surface area contributed by atoms with E-state index in [9.17, 15) is 0 Å². The summed E-state index contributed by atoms with van der Waals surface area (Å²) in [5.41, 5.74) is 1.75. The van der Waals surface area contributed by atoms with E-state index in [1.54, 1.807) is 0 Å². The molecule has 0 saturated heterocycles. The molecule has 3 nitrogen and oxygen atoms in total. The van der Waals surface area contributed by atoms with Crippen molar-refractivity contribution in [2.45, 2.75) is 26.2 Å². The Bertz CT molecular complexity index is 775. The van der Waals surface area contributed by atoms with Gasteiger partial charge in [-0.3, -0.25) is 0 Å². The summed E-state index contributed by atoms with van der Waals surface area (Å²) in [5, 5.41) is 18.3. The fourth-order valence-electron chi connectivity index (χ4n) is 1.97. The van der Waals surface area contributed by atoms with Crippen LogP contribution in [0, 0.1) is 22.7 Å². The largest absolute Gasteiger partial charge is 0.456 e. The summed E-state index contributed by atoms with van der Waals surface area (Å²) in [5.74, 6) is 0.990. The van der Waals surface area contributed by atoms with Crippen LogP contribution < -0.4 is 4.74 Å². The molecule has 0 saturated carbocycles. The Morgan fingerprint density at radius 1 is 0.955 bits per heavy atom. The van der Waals surface area contributed by atoms with Gasteiger partial charge < -0.3 is 4.74 Å². The summed E-state index contributed by atoms with van der Waals surface area (Å²) >= 11 is 6.11. The maximum atomic E-state index is 9.06. The molecule has 0 aliphatic heterocycles. The van der Waals surface area contributed by atoms with Gasteiger partial charge in [-0.05, 0) is 29.2 Å². The van der Waals surface area contributed by atoms with Crippen LogP contribution in [0.5, 0.6) is 11.5 Å². The Balaban J connectivity index is 2.32. The molecule has 0 aromatic heterocycles. The Labute approximate surface area is 135 Å². The van der Waals surface area contributed by atoms with Crippen molar-refractivity contribution < 1.29 is 4.74 Å². The molecule has 2 rings (SSSR count). The molecule has 0 spiro atoms. The van der Waals surface area contributed by atoms with Gasteiger partial charge in [-0.25, -0.2) is 0 Å². The SMILES string of the molecule is CC(C)(C)c1ccc(Oc2cc(C#N)c(C#N)cc2Cl)cc1. The van der Waals surface area contributed by atoms with Crippen molar-refractivity contribution in [3.8, 4) is 23.6 Å². The molecule has 0 bridgehead atoms. The van der Waals surface area contributed by atoms with Gasteiger partial charge in [-0.15, -0.1) is 0 Å². The third kappa shape index (κ3) is 3.39. The highest BCUT2D eigenvalue weighted by molar-refractivity contribution is 6.32. The smallest absolute Gasteiger partial charge is 0.147 e. The molecule has 0 radical (unpaired) electrons. The monoisotopic (exact) mass is 310 g/mol. The van der Waals surface area contributed by atoms with Crippen LogP contribution in [0.1, 0.15) is 37.5 Å². The normalized spacial score (nSPS) is 10.6. The number of ether oxygens (including phenoxy) is 1. The quantitative estimate of drug-likeness (QED) is 0.768. The van der Waals surface area contributed by atoms with E-state index in [-0.39, 0.29) is 16.5 Å². The van der Waals surface area contributed by atoms with Crippen molar-refractivity contribution in [3.63, 3.8) is 0 Å². The molecule has 0 amide bonds. The van der Waals surface area contributed by atoms with Crippen LogP contribution in [0.25, 0.3) is 0 Å². The van der Waals surface area contributed by atoms with Crippen molar-refractivity contribution in [2.24, 2.45) is 0 Å². The fraction of sp³-hybridized carbons (Fsp3) is 0.222. The average Bonchev–Trinajstić information content (AvgIpc) is 2.48. The third-order valence-corrected chi connectivity index (χ3v) is 3.56. The van der Waals surface area contributed by atoms with Crippen LogP contribution in [-0.4, -0.2) is 0 Å². The van der Waals surface area contributed by atoms with Gasteiger partial charge in [0.15, 0.2) is 0 Å². The molecule has 0 aliphatic carbocycles. The summed E-state index contributed by atoms with van der Waals surface area (Å²) in [6.07, 6.45) is 0. The highest BCUT2D eigenvalue weighted by Crippen LogP contribution is 2.33. The van der Waals surface area contributed by atoms with E-state index in [0.717, 1.165) is 0 Å². The van der Waals surface area contributed by atoms with E-state index in [4.69, 9.17) is 26.9 Å². The molecule has 22 heavy (non-hydrogen) atoms. The van der Waals surface area contributed by atoms with Gasteiger partial charge in [0.2, 0.25) is 0 Å². The number of halogens is 1. The third-order valence-electron chi connectivity index (χ3n) is 3.26. The van der Waals surface area contributed by atoms with Crippen LogP contribution in [-0.2, 0) is 5.41 Å². The lowest BCUT2D eigenvalue weighted by Gasteiger charge is -2.19. The molecule has 0 unspecified atom stereocenters. The zero-order valence-corrected chi connectivity index (χ0v) is 13.4. The number of hydrogen-bond donors (Lipinski definition) is 0. The van der Waals surface area contributed by atoms with E-state index in [1.807, 2.05) is 36.4 Å². The van der Waals surface area contributed by atoms with Crippen molar-refractivity contribution >= 4 is 11.6 Å². The Morgan fingerprint density at radius 3 is 2.00 bits per heavy atom. The zero-order valence-electron chi connectivity index (χ0n) is 12.6. The zero-order chi connectivity index (χ0) is 16.3. The molecule has 0 heterocycles. The lowest BCUT2D eigenvalue weighted by atomic mass is 9.87. The summed E-state index contributed by atoms with van der Waals surface area (Å²) in [6.45, 7) is 6.42. The number of hydrogen-bond acceptors (Lipinski definition) is 3. The minimum Gasteiger partial charge on any atom is -0.456 e. The maximum Gasteiger partial charge on any atom is 0.147 e. The Morgan fingerprint density at radius 2 is 1.50 bits per heavy atom. The summed E-state index contributed by atoms with van der Waals surface area (Å²) in [4.78, 5) is 0. The maximum absolute atomic E-state index is 9.06. The van der Waals surface area contributed by atoms with E-state index in [2.05, 4.69) is 20.8 Å². The minimum absolute atomic E-state index is 0.0681. The van der Waals surface area contributed by atoms with Crippen molar-refractivity contribution in [1.82, 2.24) is 0 Å². The van der Waals surface area contributed by atoms with Crippen LogP contribution in [0.15, 0.2) is 36.4 Å². The number of benzene rings is 2. The van der Waals surface area contributed by atoms with E-state index < -0.39 is 0 Å². The fourth-order valence-corrected chi connectivity index (χ4v) is 2.17. The molecule has 0 aliphatic rings. The number of nitrogens with zero attached hydrogens (tertiary/aromatic N) is 2. The predicted octanol–water partition coefficient (Wildman–Crippen LogP) is 5.17. The predicted molar refractivity (Wildman–Crippen MR) is 86.1 cm³/mol. The Hall–Kier alpha value is -2.49. The molecule has 4 heteroatoms. The van der Waals surface area contributed by atoms with Crippen molar-refractivity contribution in [3.05, 3.63) is 58.1 Å². The van der Waals surface area contributed by atoms with Crippen molar-refractivity contribution in [1.29, 1.82) is 10.5 Å². The summed E-state index contributed by atoms with van der Waals surface area (Å²) in [7, 11) is 0. The van der Waals surface area contributed by atoms with Crippen LogP contribution in [0.4, 0.5) is 0 Å². The van der Waals surface area contributed by atoms with E-state index in [0.29, 0.717) is 16.5 Å². The van der Waals surface area contributed by atoms with Gasteiger partial charge in [0.05, 0.1) is 16.1 Å². The Kier molecular flexibility index (Phi) is 4.40. The van der Waals surface area contributed by atoms with Gasteiger partial charge in [-0.2, -0.15) is 10.5 Å². The minimum atomic E-state index is 0.0681. The van der Waals surface area contributed by atoms with Gasteiger partial charge in [0.25, 0.3) is 0 Å². The second kappa shape index (κ2) is 6.10. The van der Waals surface area contributed by atoms with Crippen LogP contribution in [0.2, 0.25) is 5.02 Å². The highest BCUT2D eigenvalue weighted by Gasteiger charge is 2.14. The highest BCUT2D eigenvalue weighted by atomic mass is 35.5. The van der Waals surface area contributed by atoms with E-state index in [1.165, 1.54) is 17.7 Å². The second-order valence-corrected chi connectivity index (χ2v) is 6.34. The summed E-state index contributed by atoms with van der Waals surface area (Å²) < 4.78 is 5.73. The first-order valence-corrected chi connectivity index (χ1v) is 7.15.